The Labute approximate surface area is 144 Å². The number of hydrazine groups is 1. The number of hydrogen-bond acceptors (Lipinski definition) is 5. The number of morpholine rings is 1. The second-order valence-corrected chi connectivity index (χ2v) is 8.84. The van der Waals surface area contributed by atoms with Crippen molar-refractivity contribution in [3.8, 4) is 0 Å². The maximum absolute atomic E-state index is 13.0. The molecule has 2 heterocycles. The molecule has 3 rings (SSSR count). The van der Waals surface area contributed by atoms with E-state index >= 15 is 0 Å². The normalized spacial score (nSPS) is 32.1. The van der Waals surface area contributed by atoms with Gasteiger partial charge in [0.2, 0.25) is 10.0 Å². The molecule has 24 heavy (non-hydrogen) atoms. The predicted molar refractivity (Wildman–Crippen MR) is 94.0 cm³/mol. The van der Waals surface area contributed by atoms with E-state index in [4.69, 9.17) is 4.74 Å². The van der Waals surface area contributed by atoms with Crippen molar-refractivity contribution in [3.63, 3.8) is 0 Å². The number of aryl methyl sites for hydroxylation is 1. The standard InChI is InChI=1S/C17H27N3O3S/c1-13-17(14(2)19-18-13)24(21,22)20-10-11-23-16(12-20)9-8-15-6-4-3-5-7-15/h3-7,13-14,16-19H,8-12H2,1-2H3. The van der Waals surface area contributed by atoms with Crippen LogP contribution >= 0.6 is 0 Å². The highest BCUT2D eigenvalue weighted by atomic mass is 32.2. The topological polar surface area (TPSA) is 70.7 Å². The van der Waals surface area contributed by atoms with Crippen molar-refractivity contribution in [3.05, 3.63) is 35.9 Å². The highest BCUT2D eigenvalue weighted by Crippen LogP contribution is 2.23. The zero-order valence-electron chi connectivity index (χ0n) is 14.3. The molecule has 7 heteroatoms. The second-order valence-electron chi connectivity index (χ2n) is 6.75. The van der Waals surface area contributed by atoms with Gasteiger partial charge in [-0.2, -0.15) is 4.31 Å². The first-order valence-corrected chi connectivity index (χ1v) is 10.1. The summed E-state index contributed by atoms with van der Waals surface area (Å²) >= 11 is 0. The summed E-state index contributed by atoms with van der Waals surface area (Å²) in [5, 5.41) is -0.439. The first kappa shape index (κ1) is 17.8. The molecule has 0 bridgehead atoms. The maximum Gasteiger partial charge on any atom is 0.220 e. The lowest BCUT2D eigenvalue weighted by atomic mass is 10.1. The van der Waals surface area contributed by atoms with Crippen LogP contribution in [0.15, 0.2) is 30.3 Å². The van der Waals surface area contributed by atoms with Crippen LogP contribution in [-0.4, -0.2) is 55.9 Å². The van der Waals surface area contributed by atoms with Gasteiger partial charge in [-0.05, 0) is 32.3 Å². The van der Waals surface area contributed by atoms with Crippen molar-refractivity contribution in [1.82, 2.24) is 15.2 Å². The van der Waals surface area contributed by atoms with E-state index in [0.717, 1.165) is 12.8 Å². The van der Waals surface area contributed by atoms with Crippen LogP contribution in [-0.2, 0) is 21.2 Å². The molecule has 1 aromatic rings. The van der Waals surface area contributed by atoms with Gasteiger partial charge >= 0.3 is 0 Å². The van der Waals surface area contributed by atoms with Gasteiger partial charge in [0.1, 0.15) is 5.25 Å². The summed E-state index contributed by atoms with van der Waals surface area (Å²) in [7, 11) is -3.35. The van der Waals surface area contributed by atoms with Gasteiger partial charge in [0.25, 0.3) is 0 Å². The molecule has 2 saturated heterocycles. The highest BCUT2D eigenvalue weighted by Gasteiger charge is 2.44. The SMILES string of the molecule is CC1NNC(C)C1S(=O)(=O)N1CCOC(CCc2ccccc2)C1. The molecule has 134 valence electrons. The minimum Gasteiger partial charge on any atom is -0.375 e. The van der Waals surface area contributed by atoms with Crippen molar-refractivity contribution < 1.29 is 13.2 Å². The first-order chi connectivity index (χ1) is 11.5. The first-order valence-electron chi connectivity index (χ1n) is 8.64. The van der Waals surface area contributed by atoms with E-state index in [9.17, 15) is 8.42 Å². The molecular formula is C17H27N3O3S. The third kappa shape index (κ3) is 3.81. The Bertz CT molecular complexity index is 628. The summed E-state index contributed by atoms with van der Waals surface area (Å²) in [5.74, 6) is 0. The lowest BCUT2D eigenvalue weighted by Gasteiger charge is -2.35. The minimum atomic E-state index is -3.35. The van der Waals surface area contributed by atoms with E-state index in [1.807, 2.05) is 32.0 Å². The third-order valence-corrected chi connectivity index (χ3v) is 7.48. The Morgan fingerprint density at radius 1 is 1.17 bits per heavy atom. The van der Waals surface area contributed by atoms with Crippen LogP contribution in [0.5, 0.6) is 0 Å². The summed E-state index contributed by atoms with van der Waals surface area (Å²) < 4.78 is 33.5. The lowest BCUT2D eigenvalue weighted by molar-refractivity contribution is -0.00560. The Morgan fingerprint density at radius 2 is 1.83 bits per heavy atom. The van der Waals surface area contributed by atoms with E-state index < -0.39 is 15.3 Å². The van der Waals surface area contributed by atoms with Gasteiger partial charge in [-0.25, -0.2) is 8.42 Å². The molecular weight excluding hydrogens is 326 g/mol. The van der Waals surface area contributed by atoms with E-state index in [0.29, 0.717) is 19.7 Å². The number of benzene rings is 1. The fraction of sp³-hybridized carbons (Fsp3) is 0.647. The van der Waals surface area contributed by atoms with Crippen molar-refractivity contribution >= 4 is 10.0 Å². The number of rotatable bonds is 5. The molecule has 0 radical (unpaired) electrons. The average Bonchev–Trinajstić information content (AvgIpc) is 2.93. The van der Waals surface area contributed by atoms with Crippen LogP contribution in [0.1, 0.15) is 25.8 Å². The van der Waals surface area contributed by atoms with Gasteiger partial charge < -0.3 is 4.74 Å². The molecule has 2 fully saturated rings. The Hall–Kier alpha value is -0.990. The number of hydrogen-bond donors (Lipinski definition) is 2. The fourth-order valence-corrected chi connectivity index (χ4v) is 5.83. The van der Waals surface area contributed by atoms with Gasteiger partial charge in [-0.1, -0.05) is 30.3 Å². The molecule has 0 saturated carbocycles. The predicted octanol–water partition coefficient (Wildman–Crippen LogP) is 0.903. The lowest BCUT2D eigenvalue weighted by Crippen LogP contribution is -2.52. The molecule has 2 N–H and O–H groups in total. The molecule has 2 aliphatic heterocycles. The third-order valence-electron chi connectivity index (χ3n) is 4.93. The van der Waals surface area contributed by atoms with E-state index in [1.54, 1.807) is 4.31 Å². The van der Waals surface area contributed by atoms with Gasteiger partial charge in [-0.3, -0.25) is 10.9 Å². The summed E-state index contributed by atoms with van der Waals surface area (Å²) in [6, 6.07) is 10.0. The van der Waals surface area contributed by atoms with Gasteiger partial charge in [-0.15, -0.1) is 0 Å². The largest absolute Gasteiger partial charge is 0.375 e. The fourth-order valence-electron chi connectivity index (χ4n) is 3.62. The monoisotopic (exact) mass is 353 g/mol. The maximum atomic E-state index is 13.0. The number of nitrogens with one attached hydrogen (secondary N) is 2. The quantitative estimate of drug-likeness (QED) is 0.823. The summed E-state index contributed by atoms with van der Waals surface area (Å²) in [4.78, 5) is 0. The van der Waals surface area contributed by atoms with Crippen LogP contribution in [0.3, 0.4) is 0 Å². The van der Waals surface area contributed by atoms with Crippen molar-refractivity contribution in [2.24, 2.45) is 0 Å². The van der Waals surface area contributed by atoms with Crippen molar-refractivity contribution in [2.45, 2.75) is 50.1 Å². The molecule has 1 aromatic carbocycles. The zero-order valence-corrected chi connectivity index (χ0v) is 15.1. The Kier molecular flexibility index (Phi) is 5.56. The molecule has 0 aliphatic carbocycles. The summed E-state index contributed by atoms with van der Waals surface area (Å²) in [6.07, 6.45) is 1.70. The second kappa shape index (κ2) is 7.49. The van der Waals surface area contributed by atoms with Crippen molar-refractivity contribution in [2.75, 3.05) is 19.7 Å². The van der Waals surface area contributed by atoms with Crippen LogP contribution in [0.4, 0.5) is 0 Å². The Balaban J connectivity index is 1.62. The van der Waals surface area contributed by atoms with Crippen LogP contribution in [0, 0.1) is 0 Å². The summed E-state index contributed by atoms with van der Waals surface area (Å²) in [5.41, 5.74) is 7.33. The highest BCUT2D eigenvalue weighted by molar-refractivity contribution is 7.89. The molecule has 3 unspecified atom stereocenters. The number of nitrogens with zero attached hydrogens (tertiary/aromatic N) is 1. The molecule has 0 aromatic heterocycles. The van der Waals surface area contributed by atoms with Gasteiger partial charge in [0.15, 0.2) is 0 Å². The van der Waals surface area contributed by atoms with E-state index in [1.165, 1.54) is 5.56 Å². The Morgan fingerprint density at radius 3 is 2.50 bits per heavy atom. The molecule has 2 aliphatic rings. The van der Waals surface area contributed by atoms with Crippen molar-refractivity contribution in [1.29, 1.82) is 0 Å². The van der Waals surface area contributed by atoms with Gasteiger partial charge in [0.05, 0.1) is 12.7 Å². The molecule has 0 spiro atoms. The van der Waals surface area contributed by atoms with Crippen LogP contribution < -0.4 is 10.9 Å². The molecule has 3 atom stereocenters. The number of ether oxygens (including phenoxy) is 1. The van der Waals surface area contributed by atoms with Crippen LogP contribution in [0.2, 0.25) is 0 Å². The molecule has 0 amide bonds. The number of sulfonamides is 1. The molecule has 6 nitrogen and oxygen atoms in total. The minimum absolute atomic E-state index is 0.0401. The zero-order chi connectivity index (χ0) is 17.2. The van der Waals surface area contributed by atoms with E-state index in [-0.39, 0.29) is 18.2 Å². The van der Waals surface area contributed by atoms with Gasteiger partial charge in [0, 0.05) is 25.2 Å². The summed E-state index contributed by atoms with van der Waals surface area (Å²) in [6.45, 7) is 5.18. The van der Waals surface area contributed by atoms with E-state index in [2.05, 4.69) is 23.0 Å². The van der Waals surface area contributed by atoms with Crippen LogP contribution in [0.25, 0.3) is 0 Å². The smallest absolute Gasteiger partial charge is 0.220 e. The average molecular weight is 353 g/mol.